The fourth-order valence-corrected chi connectivity index (χ4v) is 1.20. The van der Waals surface area contributed by atoms with Crippen LogP contribution in [0.3, 0.4) is 0 Å². The van der Waals surface area contributed by atoms with Crippen LogP contribution in [-0.2, 0) is 17.8 Å². The molecule has 0 unspecified atom stereocenters. The van der Waals surface area contributed by atoms with Crippen LogP contribution in [0.1, 0.15) is 18.9 Å². The van der Waals surface area contributed by atoms with E-state index in [1.807, 2.05) is 6.20 Å². The normalized spacial score (nSPS) is 12.7. The molecule has 14 heavy (non-hydrogen) atoms. The molecular weight excluding hydrogens is 182 g/mol. The van der Waals surface area contributed by atoms with Crippen molar-refractivity contribution in [1.82, 2.24) is 9.78 Å². The molecular formula is C9H15N3O2. The molecule has 0 amide bonds. The summed E-state index contributed by atoms with van der Waals surface area (Å²) >= 11 is 0. The SMILES string of the molecule is CCCn1cc(C[C@H](N)C(=O)O)cn1. The van der Waals surface area contributed by atoms with Crippen LogP contribution in [0.2, 0.25) is 0 Å². The fourth-order valence-electron chi connectivity index (χ4n) is 1.20. The van der Waals surface area contributed by atoms with Crippen molar-refractivity contribution in [3.05, 3.63) is 18.0 Å². The molecule has 1 heterocycles. The van der Waals surface area contributed by atoms with Crippen LogP contribution < -0.4 is 5.73 Å². The van der Waals surface area contributed by atoms with Crippen molar-refractivity contribution in [2.75, 3.05) is 0 Å². The number of aliphatic carboxylic acids is 1. The predicted molar refractivity (Wildman–Crippen MR) is 51.8 cm³/mol. The van der Waals surface area contributed by atoms with Gasteiger partial charge in [-0.25, -0.2) is 0 Å². The molecule has 1 atom stereocenters. The van der Waals surface area contributed by atoms with Crippen LogP contribution in [0.15, 0.2) is 12.4 Å². The number of hydrogen-bond acceptors (Lipinski definition) is 3. The second-order valence-electron chi connectivity index (χ2n) is 3.26. The van der Waals surface area contributed by atoms with Gasteiger partial charge in [-0.15, -0.1) is 0 Å². The van der Waals surface area contributed by atoms with Crippen LogP contribution in [0.5, 0.6) is 0 Å². The van der Waals surface area contributed by atoms with Gasteiger partial charge >= 0.3 is 5.97 Å². The van der Waals surface area contributed by atoms with Gasteiger partial charge in [-0.2, -0.15) is 5.10 Å². The molecule has 5 heteroatoms. The minimum Gasteiger partial charge on any atom is -0.480 e. The first-order valence-electron chi connectivity index (χ1n) is 4.63. The van der Waals surface area contributed by atoms with Gasteiger partial charge in [0.1, 0.15) is 6.04 Å². The van der Waals surface area contributed by atoms with Gasteiger partial charge in [-0.3, -0.25) is 9.48 Å². The van der Waals surface area contributed by atoms with Crippen LogP contribution >= 0.6 is 0 Å². The van der Waals surface area contributed by atoms with Gasteiger partial charge < -0.3 is 10.8 Å². The van der Waals surface area contributed by atoms with Crippen molar-refractivity contribution < 1.29 is 9.90 Å². The maximum atomic E-state index is 10.5. The van der Waals surface area contributed by atoms with E-state index in [1.54, 1.807) is 10.9 Å². The third-order valence-corrected chi connectivity index (χ3v) is 1.91. The average Bonchev–Trinajstić information content (AvgIpc) is 2.53. The number of nitrogens with zero attached hydrogens (tertiary/aromatic N) is 2. The number of nitrogens with two attached hydrogens (primary N) is 1. The third kappa shape index (κ3) is 2.85. The van der Waals surface area contributed by atoms with E-state index >= 15 is 0 Å². The summed E-state index contributed by atoms with van der Waals surface area (Å²) in [6.07, 6.45) is 4.84. The van der Waals surface area contributed by atoms with Gasteiger partial charge in [0, 0.05) is 19.2 Å². The molecule has 1 aromatic rings. The molecule has 0 aliphatic rings. The largest absolute Gasteiger partial charge is 0.480 e. The first-order chi connectivity index (χ1) is 6.63. The monoisotopic (exact) mass is 197 g/mol. The number of hydrogen-bond donors (Lipinski definition) is 2. The Morgan fingerprint density at radius 3 is 3.07 bits per heavy atom. The zero-order chi connectivity index (χ0) is 10.6. The lowest BCUT2D eigenvalue weighted by Crippen LogP contribution is -2.32. The Balaban J connectivity index is 2.55. The first kappa shape index (κ1) is 10.7. The zero-order valence-electron chi connectivity index (χ0n) is 8.18. The van der Waals surface area contributed by atoms with Crippen LogP contribution in [-0.4, -0.2) is 26.9 Å². The summed E-state index contributed by atoms with van der Waals surface area (Å²) in [4.78, 5) is 10.5. The van der Waals surface area contributed by atoms with Crippen molar-refractivity contribution in [2.45, 2.75) is 32.4 Å². The molecule has 1 rings (SSSR count). The van der Waals surface area contributed by atoms with E-state index in [0.717, 1.165) is 18.5 Å². The summed E-state index contributed by atoms with van der Waals surface area (Å²) in [5.41, 5.74) is 6.26. The Morgan fingerprint density at radius 2 is 2.50 bits per heavy atom. The van der Waals surface area contributed by atoms with Gasteiger partial charge in [0.15, 0.2) is 0 Å². The van der Waals surface area contributed by atoms with E-state index < -0.39 is 12.0 Å². The van der Waals surface area contributed by atoms with Crippen molar-refractivity contribution in [3.8, 4) is 0 Å². The highest BCUT2D eigenvalue weighted by Gasteiger charge is 2.12. The highest BCUT2D eigenvalue weighted by molar-refractivity contribution is 5.73. The fraction of sp³-hybridized carbons (Fsp3) is 0.556. The van der Waals surface area contributed by atoms with E-state index in [2.05, 4.69) is 12.0 Å². The van der Waals surface area contributed by atoms with Crippen molar-refractivity contribution in [1.29, 1.82) is 0 Å². The standard InChI is InChI=1S/C9H15N3O2/c1-2-3-12-6-7(5-11-12)4-8(10)9(13)14/h5-6,8H,2-4,10H2,1H3,(H,13,14)/t8-/m0/s1. The lowest BCUT2D eigenvalue weighted by Gasteiger charge is -2.02. The van der Waals surface area contributed by atoms with Gasteiger partial charge in [0.25, 0.3) is 0 Å². The molecule has 0 aromatic carbocycles. The summed E-state index contributed by atoms with van der Waals surface area (Å²) in [7, 11) is 0. The van der Waals surface area contributed by atoms with Crippen LogP contribution in [0.25, 0.3) is 0 Å². The molecule has 0 aliphatic carbocycles. The predicted octanol–water partition coefficient (Wildman–Crippen LogP) is 0.247. The van der Waals surface area contributed by atoms with Crippen molar-refractivity contribution >= 4 is 5.97 Å². The number of carbonyl (C=O) groups is 1. The summed E-state index contributed by atoms with van der Waals surface area (Å²) in [5.74, 6) is -0.978. The molecule has 0 aliphatic heterocycles. The lowest BCUT2D eigenvalue weighted by atomic mass is 10.1. The molecule has 5 nitrogen and oxygen atoms in total. The Hall–Kier alpha value is -1.36. The zero-order valence-corrected chi connectivity index (χ0v) is 8.18. The summed E-state index contributed by atoms with van der Waals surface area (Å²) in [6, 6.07) is -0.839. The van der Waals surface area contributed by atoms with Gasteiger partial charge in [0.05, 0.1) is 6.20 Å². The molecule has 0 bridgehead atoms. The molecule has 1 aromatic heterocycles. The quantitative estimate of drug-likeness (QED) is 0.708. The summed E-state index contributed by atoms with van der Waals surface area (Å²) in [5, 5.41) is 12.7. The average molecular weight is 197 g/mol. The van der Waals surface area contributed by atoms with E-state index in [9.17, 15) is 4.79 Å². The number of aromatic nitrogens is 2. The van der Waals surface area contributed by atoms with E-state index in [-0.39, 0.29) is 0 Å². The smallest absolute Gasteiger partial charge is 0.320 e. The number of carboxylic acids is 1. The maximum absolute atomic E-state index is 10.5. The number of aryl methyl sites for hydroxylation is 1. The van der Waals surface area contributed by atoms with Gasteiger partial charge in [-0.05, 0) is 12.0 Å². The minimum atomic E-state index is -0.978. The molecule has 0 saturated heterocycles. The molecule has 0 saturated carbocycles. The second-order valence-corrected chi connectivity index (χ2v) is 3.26. The van der Waals surface area contributed by atoms with E-state index in [1.165, 1.54) is 0 Å². The van der Waals surface area contributed by atoms with E-state index in [4.69, 9.17) is 10.8 Å². The molecule has 78 valence electrons. The highest BCUT2D eigenvalue weighted by Crippen LogP contribution is 2.02. The molecule has 0 radical (unpaired) electrons. The van der Waals surface area contributed by atoms with Gasteiger partial charge in [-0.1, -0.05) is 6.92 Å². The molecule has 3 N–H and O–H groups in total. The summed E-state index contributed by atoms with van der Waals surface area (Å²) in [6.45, 7) is 2.91. The van der Waals surface area contributed by atoms with Crippen LogP contribution in [0, 0.1) is 0 Å². The Kier molecular flexibility index (Phi) is 3.64. The maximum Gasteiger partial charge on any atom is 0.320 e. The van der Waals surface area contributed by atoms with Crippen molar-refractivity contribution in [3.63, 3.8) is 0 Å². The van der Waals surface area contributed by atoms with Gasteiger partial charge in [0.2, 0.25) is 0 Å². The summed E-state index contributed by atoms with van der Waals surface area (Å²) < 4.78 is 1.80. The first-order valence-corrected chi connectivity index (χ1v) is 4.63. The topological polar surface area (TPSA) is 81.1 Å². The van der Waals surface area contributed by atoms with E-state index in [0.29, 0.717) is 6.42 Å². The molecule has 0 spiro atoms. The number of rotatable bonds is 5. The second kappa shape index (κ2) is 4.76. The Morgan fingerprint density at radius 1 is 1.79 bits per heavy atom. The highest BCUT2D eigenvalue weighted by atomic mass is 16.4. The molecule has 0 fully saturated rings. The Labute approximate surface area is 82.5 Å². The number of carboxylic acid groups (broad SMARTS) is 1. The Bertz CT molecular complexity index is 309. The van der Waals surface area contributed by atoms with Crippen LogP contribution in [0.4, 0.5) is 0 Å². The van der Waals surface area contributed by atoms with Crippen molar-refractivity contribution in [2.24, 2.45) is 5.73 Å². The minimum absolute atomic E-state index is 0.332. The lowest BCUT2D eigenvalue weighted by molar-refractivity contribution is -0.138. The third-order valence-electron chi connectivity index (χ3n) is 1.91.